The Morgan fingerprint density at radius 1 is 1.24 bits per heavy atom. The number of aliphatic hydroxyl groups excluding tert-OH is 1. The number of benzene rings is 1. The summed E-state index contributed by atoms with van der Waals surface area (Å²) in [6.07, 6.45) is -0.0109. The van der Waals surface area contributed by atoms with Crippen molar-refractivity contribution in [3.8, 4) is 0 Å². The van der Waals surface area contributed by atoms with Gasteiger partial charge in [0.1, 0.15) is 5.82 Å². The van der Waals surface area contributed by atoms with E-state index in [0.717, 1.165) is 5.56 Å². The molecule has 0 bridgehead atoms. The molecule has 0 spiro atoms. The lowest BCUT2D eigenvalue weighted by molar-refractivity contribution is -0.139. The molecule has 1 aliphatic carbocycles. The number of alkyl halides is 2. The summed E-state index contributed by atoms with van der Waals surface area (Å²) in [6.45, 7) is 0. The van der Waals surface area contributed by atoms with Crippen LogP contribution in [-0.4, -0.2) is 28.2 Å². The number of amides is 1. The quantitative estimate of drug-likeness (QED) is 0.516. The molecule has 0 aliphatic heterocycles. The Bertz CT molecular complexity index is 555. The summed E-state index contributed by atoms with van der Waals surface area (Å²) < 4.78 is 39.5. The highest BCUT2D eigenvalue weighted by Crippen LogP contribution is 2.40. The Morgan fingerprint density at radius 3 is 2.40 bits per heavy atom. The number of aryl methyl sites for hydroxylation is 1. The van der Waals surface area contributed by atoms with Gasteiger partial charge < -0.3 is 5.11 Å². The van der Waals surface area contributed by atoms with E-state index < -0.39 is 23.9 Å². The lowest BCUT2D eigenvalue weighted by Gasteiger charge is -2.33. The van der Waals surface area contributed by atoms with Gasteiger partial charge in [0.2, 0.25) is 11.8 Å². The first kappa shape index (κ1) is 19.7. The number of hydrogen-bond donors (Lipinski definition) is 3. The van der Waals surface area contributed by atoms with Crippen LogP contribution >= 0.6 is 0 Å². The zero-order valence-electron chi connectivity index (χ0n) is 13.9. The highest BCUT2D eigenvalue weighted by atomic mass is 19.3. The molecule has 0 heterocycles. The van der Waals surface area contributed by atoms with Crippen LogP contribution in [0.15, 0.2) is 24.3 Å². The van der Waals surface area contributed by atoms with Gasteiger partial charge in [-0.1, -0.05) is 12.1 Å². The first-order valence-corrected chi connectivity index (χ1v) is 8.55. The SMILES string of the molecule is O=C(NO)C(CC(O)CCc1ccc(F)cc1)C1CCC(F)(F)CC1. The lowest BCUT2D eigenvalue weighted by Crippen LogP contribution is -2.38. The fourth-order valence-electron chi connectivity index (χ4n) is 3.46. The molecule has 140 valence electrons. The topological polar surface area (TPSA) is 69.6 Å². The number of hydroxylamine groups is 1. The first-order chi connectivity index (χ1) is 11.8. The van der Waals surface area contributed by atoms with Crippen LogP contribution in [0.2, 0.25) is 0 Å². The minimum Gasteiger partial charge on any atom is -0.393 e. The number of aliphatic hydroxyl groups is 1. The lowest BCUT2D eigenvalue weighted by atomic mass is 9.75. The Kier molecular flexibility index (Phi) is 6.84. The predicted molar refractivity (Wildman–Crippen MR) is 85.7 cm³/mol. The molecule has 1 aromatic rings. The van der Waals surface area contributed by atoms with Crippen molar-refractivity contribution in [2.24, 2.45) is 11.8 Å². The number of nitrogens with one attached hydrogen (secondary N) is 1. The predicted octanol–water partition coefficient (Wildman–Crippen LogP) is 3.46. The zero-order valence-corrected chi connectivity index (χ0v) is 13.9. The van der Waals surface area contributed by atoms with Crippen molar-refractivity contribution in [2.75, 3.05) is 0 Å². The van der Waals surface area contributed by atoms with Crippen molar-refractivity contribution in [1.82, 2.24) is 5.48 Å². The van der Waals surface area contributed by atoms with E-state index in [1.807, 2.05) is 0 Å². The molecule has 7 heteroatoms. The van der Waals surface area contributed by atoms with E-state index in [9.17, 15) is 23.1 Å². The highest BCUT2D eigenvalue weighted by Gasteiger charge is 2.40. The Morgan fingerprint density at radius 2 is 1.84 bits per heavy atom. The van der Waals surface area contributed by atoms with E-state index in [1.165, 1.54) is 12.1 Å². The van der Waals surface area contributed by atoms with Crippen LogP contribution < -0.4 is 5.48 Å². The molecule has 0 saturated heterocycles. The minimum absolute atomic E-state index is 0.101. The molecule has 1 fully saturated rings. The number of hydrogen-bond acceptors (Lipinski definition) is 3. The van der Waals surface area contributed by atoms with Crippen molar-refractivity contribution < 1.29 is 28.3 Å². The van der Waals surface area contributed by atoms with E-state index in [-0.39, 0.29) is 43.8 Å². The molecule has 1 amide bonds. The van der Waals surface area contributed by atoms with Crippen LogP contribution in [0.3, 0.4) is 0 Å². The normalized spacial score (nSPS) is 20.0. The van der Waals surface area contributed by atoms with Crippen LogP contribution in [0.4, 0.5) is 13.2 Å². The second-order valence-corrected chi connectivity index (χ2v) is 6.83. The minimum atomic E-state index is -2.70. The molecule has 25 heavy (non-hydrogen) atoms. The third kappa shape index (κ3) is 6.01. The summed E-state index contributed by atoms with van der Waals surface area (Å²) >= 11 is 0. The van der Waals surface area contributed by atoms with Crippen molar-refractivity contribution in [1.29, 1.82) is 0 Å². The first-order valence-electron chi connectivity index (χ1n) is 8.55. The molecule has 1 aliphatic rings. The van der Waals surface area contributed by atoms with Gasteiger partial charge in [-0.3, -0.25) is 10.0 Å². The second kappa shape index (κ2) is 8.67. The Hall–Kier alpha value is -1.60. The van der Waals surface area contributed by atoms with Gasteiger partial charge in [0, 0.05) is 18.8 Å². The molecular weight excluding hydrogens is 335 g/mol. The summed E-state index contributed by atoms with van der Waals surface area (Å²) in [6, 6.07) is 5.93. The van der Waals surface area contributed by atoms with E-state index >= 15 is 0 Å². The van der Waals surface area contributed by atoms with Crippen molar-refractivity contribution in [3.63, 3.8) is 0 Å². The second-order valence-electron chi connectivity index (χ2n) is 6.83. The maximum atomic E-state index is 13.3. The van der Waals surface area contributed by atoms with Gasteiger partial charge in [0.15, 0.2) is 0 Å². The molecule has 2 unspecified atom stereocenters. The maximum absolute atomic E-state index is 13.3. The fraction of sp³-hybridized carbons (Fsp3) is 0.611. The van der Waals surface area contributed by atoms with E-state index in [4.69, 9.17) is 5.21 Å². The van der Waals surface area contributed by atoms with E-state index in [2.05, 4.69) is 0 Å². The van der Waals surface area contributed by atoms with Crippen LogP contribution in [0.1, 0.15) is 44.1 Å². The Labute approximate surface area is 145 Å². The third-order valence-corrected chi connectivity index (χ3v) is 4.98. The van der Waals surface area contributed by atoms with Gasteiger partial charge in [0.25, 0.3) is 0 Å². The largest absolute Gasteiger partial charge is 0.393 e. The van der Waals surface area contributed by atoms with E-state index in [0.29, 0.717) is 12.8 Å². The van der Waals surface area contributed by atoms with Crippen molar-refractivity contribution in [2.45, 2.75) is 57.0 Å². The number of halogens is 3. The number of carbonyl (C=O) groups excluding carboxylic acids is 1. The zero-order chi connectivity index (χ0) is 18.4. The summed E-state index contributed by atoms with van der Waals surface area (Å²) in [5.74, 6) is -4.66. The molecule has 0 radical (unpaired) electrons. The molecule has 0 aromatic heterocycles. The van der Waals surface area contributed by atoms with Crippen molar-refractivity contribution in [3.05, 3.63) is 35.6 Å². The van der Waals surface area contributed by atoms with Gasteiger partial charge in [-0.2, -0.15) is 0 Å². The molecule has 2 atom stereocenters. The molecule has 2 rings (SSSR count). The monoisotopic (exact) mass is 359 g/mol. The third-order valence-electron chi connectivity index (χ3n) is 4.98. The maximum Gasteiger partial charge on any atom is 0.248 e. The van der Waals surface area contributed by atoms with Crippen LogP contribution in [0, 0.1) is 17.7 Å². The van der Waals surface area contributed by atoms with Gasteiger partial charge in [-0.25, -0.2) is 18.7 Å². The number of carbonyl (C=O) groups is 1. The average molecular weight is 359 g/mol. The summed E-state index contributed by atoms with van der Waals surface area (Å²) in [5.41, 5.74) is 2.45. The molecule has 3 N–H and O–H groups in total. The fourth-order valence-corrected chi connectivity index (χ4v) is 3.46. The highest BCUT2D eigenvalue weighted by molar-refractivity contribution is 5.77. The van der Waals surface area contributed by atoms with Crippen LogP contribution in [0.5, 0.6) is 0 Å². The summed E-state index contributed by atoms with van der Waals surface area (Å²) in [5, 5.41) is 19.1. The van der Waals surface area contributed by atoms with Crippen LogP contribution in [-0.2, 0) is 11.2 Å². The standard InChI is InChI=1S/C18H24F3NO3/c19-14-4-1-12(2-5-14)3-6-15(23)11-16(17(24)22-25)13-7-9-18(20,21)10-8-13/h1-2,4-5,13,15-16,23,25H,3,6-11H2,(H,22,24). The smallest absolute Gasteiger partial charge is 0.248 e. The summed E-state index contributed by atoms with van der Waals surface area (Å²) in [7, 11) is 0. The molecule has 4 nitrogen and oxygen atoms in total. The van der Waals surface area contributed by atoms with E-state index in [1.54, 1.807) is 17.6 Å². The van der Waals surface area contributed by atoms with Gasteiger partial charge in [-0.05, 0) is 55.7 Å². The van der Waals surface area contributed by atoms with Gasteiger partial charge in [-0.15, -0.1) is 0 Å². The van der Waals surface area contributed by atoms with Crippen LogP contribution in [0.25, 0.3) is 0 Å². The Balaban J connectivity index is 1.90. The van der Waals surface area contributed by atoms with Gasteiger partial charge in [0.05, 0.1) is 6.10 Å². The molecule has 1 saturated carbocycles. The van der Waals surface area contributed by atoms with Gasteiger partial charge >= 0.3 is 0 Å². The average Bonchev–Trinajstić information content (AvgIpc) is 2.59. The number of rotatable bonds is 7. The summed E-state index contributed by atoms with van der Waals surface area (Å²) in [4.78, 5) is 11.9. The van der Waals surface area contributed by atoms with Crippen molar-refractivity contribution >= 4 is 5.91 Å². The molecule has 1 aromatic carbocycles. The molecular formula is C18H24F3NO3.